The quantitative estimate of drug-likeness (QED) is 0.468. The van der Waals surface area contributed by atoms with E-state index in [2.05, 4.69) is 47.8 Å². The molecule has 0 N–H and O–H groups in total. The molecule has 3 aliphatic rings. The van der Waals surface area contributed by atoms with Crippen molar-refractivity contribution in [1.82, 2.24) is 0 Å². The third-order valence-electron chi connectivity index (χ3n) is 6.78. The van der Waals surface area contributed by atoms with E-state index in [-0.39, 0.29) is 5.41 Å². The van der Waals surface area contributed by atoms with E-state index in [1.165, 1.54) is 32.1 Å². The van der Waals surface area contributed by atoms with E-state index < -0.39 is 0 Å². The van der Waals surface area contributed by atoms with Gasteiger partial charge in [-0.25, -0.2) is 0 Å². The lowest BCUT2D eigenvalue weighted by molar-refractivity contribution is -0.177. The molecule has 0 aromatic rings. The molecule has 0 saturated heterocycles. The van der Waals surface area contributed by atoms with Crippen molar-refractivity contribution in [1.29, 1.82) is 0 Å². The number of hydrogen-bond acceptors (Lipinski definition) is 1. The summed E-state index contributed by atoms with van der Waals surface area (Å²) in [7, 11) is 0. The summed E-state index contributed by atoms with van der Waals surface area (Å²) in [5.41, 5.74) is 1.22. The first-order valence-electron chi connectivity index (χ1n) is 8.26. The molecule has 0 heterocycles. The Bertz CT molecular complexity index is 351. The molecule has 3 fully saturated rings. The van der Waals surface area contributed by atoms with Gasteiger partial charge in [-0.15, -0.1) is 0 Å². The molecule has 3 saturated carbocycles. The summed E-state index contributed by atoms with van der Waals surface area (Å²) in [5, 5.41) is 0. The fraction of sp³-hybridized carbons (Fsp3) is 0.944. The third kappa shape index (κ3) is 2.28. The summed E-state index contributed by atoms with van der Waals surface area (Å²) in [6.45, 7) is 15.6. The molecule has 1 nitrogen and oxygen atoms in total. The van der Waals surface area contributed by atoms with Gasteiger partial charge in [0.1, 0.15) is 0 Å². The second-order valence-electron chi connectivity index (χ2n) is 8.37. The summed E-state index contributed by atoms with van der Waals surface area (Å²) in [6, 6.07) is 0. The van der Waals surface area contributed by atoms with Crippen molar-refractivity contribution in [3.05, 3.63) is 0 Å². The Labute approximate surface area is 120 Å². The van der Waals surface area contributed by atoms with E-state index in [4.69, 9.17) is 4.99 Å². The van der Waals surface area contributed by atoms with Crippen LogP contribution in [0, 0.1) is 28.1 Å². The lowest BCUT2D eigenvalue weighted by Gasteiger charge is -2.68. The van der Waals surface area contributed by atoms with Crippen LogP contribution in [0.1, 0.15) is 73.6 Å². The number of unbranched alkanes of at least 4 members (excludes halogenated alkanes) is 1. The Morgan fingerprint density at radius 1 is 1.26 bits per heavy atom. The summed E-state index contributed by atoms with van der Waals surface area (Å²) >= 11 is 0. The van der Waals surface area contributed by atoms with Crippen molar-refractivity contribution in [2.45, 2.75) is 73.6 Å². The molecule has 0 radical (unpaired) electrons. The fourth-order valence-corrected chi connectivity index (χ4v) is 4.70. The van der Waals surface area contributed by atoms with E-state index >= 15 is 0 Å². The predicted molar refractivity (Wildman–Crippen MR) is 84.8 cm³/mol. The van der Waals surface area contributed by atoms with Gasteiger partial charge in [0.15, 0.2) is 0 Å². The number of aliphatic imine (C=N–C) groups is 1. The maximum Gasteiger partial charge on any atom is 0.0385 e. The van der Waals surface area contributed by atoms with Crippen molar-refractivity contribution in [3.8, 4) is 0 Å². The Balaban J connectivity index is 2.12. The van der Waals surface area contributed by atoms with Gasteiger partial charge in [0.05, 0.1) is 0 Å². The Morgan fingerprint density at radius 2 is 1.95 bits per heavy atom. The minimum absolute atomic E-state index is 0.230. The molecule has 110 valence electrons. The van der Waals surface area contributed by atoms with E-state index in [1.807, 2.05) is 0 Å². The van der Waals surface area contributed by atoms with Gasteiger partial charge in [-0.3, -0.25) is 4.99 Å². The lowest BCUT2D eigenvalue weighted by atomic mass is 9.37. The van der Waals surface area contributed by atoms with Gasteiger partial charge in [0, 0.05) is 18.2 Å². The predicted octanol–water partition coefficient (Wildman–Crippen LogP) is 5.35. The van der Waals surface area contributed by atoms with Gasteiger partial charge < -0.3 is 0 Å². The topological polar surface area (TPSA) is 12.4 Å². The van der Waals surface area contributed by atoms with Crippen LogP contribution in [-0.2, 0) is 0 Å². The molecule has 1 heteroatoms. The van der Waals surface area contributed by atoms with Gasteiger partial charge in [-0.1, -0.05) is 48.0 Å². The summed E-state index contributed by atoms with van der Waals surface area (Å²) < 4.78 is 0. The molecule has 3 unspecified atom stereocenters. The smallest absolute Gasteiger partial charge is 0.0385 e. The molecule has 3 rings (SSSR count). The maximum absolute atomic E-state index is 4.73. The Morgan fingerprint density at radius 3 is 2.47 bits per heavy atom. The maximum atomic E-state index is 4.73. The van der Waals surface area contributed by atoms with Gasteiger partial charge in [-0.2, -0.15) is 0 Å². The normalized spacial score (nSPS) is 37.4. The van der Waals surface area contributed by atoms with E-state index in [0.29, 0.717) is 10.8 Å². The highest BCUT2D eigenvalue weighted by molar-refractivity contribution is 5.66. The van der Waals surface area contributed by atoms with Crippen LogP contribution in [0.2, 0.25) is 0 Å². The number of rotatable bonds is 5. The Hall–Kier alpha value is -0.330. The largest absolute Gasteiger partial charge is 0.297 e. The highest BCUT2D eigenvalue weighted by Gasteiger charge is 2.62. The van der Waals surface area contributed by atoms with Crippen molar-refractivity contribution in [3.63, 3.8) is 0 Å². The second kappa shape index (κ2) is 4.90. The monoisotopic (exact) mass is 263 g/mol. The molecule has 0 spiro atoms. The summed E-state index contributed by atoms with van der Waals surface area (Å²) in [4.78, 5) is 4.73. The first-order valence-corrected chi connectivity index (χ1v) is 8.26. The molecule has 3 atom stereocenters. The average Bonchev–Trinajstić information content (AvgIpc) is 2.34. The zero-order chi connectivity index (χ0) is 14.3. The molecule has 2 bridgehead atoms. The molecule has 0 aromatic heterocycles. The minimum Gasteiger partial charge on any atom is -0.297 e. The van der Waals surface area contributed by atoms with E-state index in [9.17, 15) is 0 Å². The molecule has 0 amide bonds. The van der Waals surface area contributed by atoms with Gasteiger partial charge >= 0.3 is 0 Å². The van der Waals surface area contributed by atoms with Crippen LogP contribution < -0.4 is 0 Å². The second-order valence-corrected chi connectivity index (χ2v) is 8.37. The van der Waals surface area contributed by atoms with Crippen molar-refractivity contribution in [2.75, 3.05) is 6.54 Å². The zero-order valence-electron chi connectivity index (χ0n) is 13.9. The lowest BCUT2D eigenvalue weighted by Crippen LogP contribution is -2.61. The van der Waals surface area contributed by atoms with Gasteiger partial charge in [0.25, 0.3) is 0 Å². The SMILES string of the molecule is CCCCN=CC(C)(C)C1(C)CCC2CC1C2(C)C. The molecular weight excluding hydrogens is 230 g/mol. The van der Waals surface area contributed by atoms with Crippen LogP contribution >= 0.6 is 0 Å². The third-order valence-corrected chi connectivity index (χ3v) is 6.78. The minimum atomic E-state index is 0.230. The molecular formula is C18H33N. The highest BCUT2D eigenvalue weighted by atomic mass is 14.7. The van der Waals surface area contributed by atoms with Gasteiger partial charge in [0.2, 0.25) is 0 Å². The first-order chi connectivity index (χ1) is 8.75. The van der Waals surface area contributed by atoms with Crippen LogP contribution in [0.15, 0.2) is 4.99 Å². The molecule has 0 aromatic carbocycles. The fourth-order valence-electron chi connectivity index (χ4n) is 4.70. The van der Waals surface area contributed by atoms with Crippen LogP contribution in [0.5, 0.6) is 0 Å². The number of fused-ring (bicyclic) bond motifs is 2. The molecule has 0 aliphatic heterocycles. The van der Waals surface area contributed by atoms with Crippen molar-refractivity contribution < 1.29 is 0 Å². The highest BCUT2D eigenvalue weighted by Crippen LogP contribution is 2.69. The molecule has 3 aliphatic carbocycles. The zero-order valence-corrected chi connectivity index (χ0v) is 13.9. The molecule has 19 heavy (non-hydrogen) atoms. The summed E-state index contributed by atoms with van der Waals surface area (Å²) in [5.74, 6) is 1.87. The average molecular weight is 263 g/mol. The van der Waals surface area contributed by atoms with Crippen molar-refractivity contribution in [2.24, 2.45) is 33.1 Å². The van der Waals surface area contributed by atoms with Crippen LogP contribution in [0.3, 0.4) is 0 Å². The standard InChI is InChI=1S/C18H33N/c1-7-8-11-19-13-16(2,3)18(6)10-9-14-12-15(18)17(14,4)5/h13-15H,7-12H2,1-6H3. The van der Waals surface area contributed by atoms with E-state index in [1.54, 1.807) is 0 Å². The first kappa shape index (κ1) is 15.1. The number of hydrogen-bond donors (Lipinski definition) is 0. The van der Waals surface area contributed by atoms with Crippen LogP contribution in [-0.4, -0.2) is 12.8 Å². The van der Waals surface area contributed by atoms with Crippen LogP contribution in [0.4, 0.5) is 0 Å². The van der Waals surface area contributed by atoms with Crippen molar-refractivity contribution >= 4 is 6.21 Å². The number of nitrogens with zero attached hydrogens (tertiary/aromatic N) is 1. The van der Waals surface area contributed by atoms with Crippen LogP contribution in [0.25, 0.3) is 0 Å². The Kier molecular flexibility index (Phi) is 3.88. The van der Waals surface area contributed by atoms with Gasteiger partial charge in [-0.05, 0) is 48.3 Å². The summed E-state index contributed by atoms with van der Waals surface area (Å²) in [6.07, 6.45) is 9.02. The van der Waals surface area contributed by atoms with E-state index in [0.717, 1.165) is 18.4 Å².